The zero-order valence-electron chi connectivity index (χ0n) is 10.9. The molecule has 1 heterocycles. The van der Waals surface area contributed by atoms with Crippen molar-refractivity contribution in [2.75, 3.05) is 6.26 Å². The molecule has 0 saturated heterocycles. The molecule has 1 aliphatic rings. The number of rotatable bonds is 4. The van der Waals surface area contributed by atoms with Crippen molar-refractivity contribution in [2.24, 2.45) is 0 Å². The van der Waals surface area contributed by atoms with Crippen LogP contribution in [0, 0.1) is 0 Å². The number of carbonyl (C=O) groups is 2. The molecule has 1 aromatic heterocycles. The average molecular weight is 301 g/mol. The Morgan fingerprint density at radius 3 is 2.35 bits per heavy atom. The lowest BCUT2D eigenvalue weighted by Gasteiger charge is -2.24. The third-order valence-corrected chi connectivity index (χ3v) is 4.34. The minimum absolute atomic E-state index is 0.210. The summed E-state index contributed by atoms with van der Waals surface area (Å²) in [5.41, 5.74) is -1.28. The fourth-order valence-electron chi connectivity index (χ4n) is 2.29. The summed E-state index contributed by atoms with van der Waals surface area (Å²) in [5, 5.41) is 11.4. The van der Waals surface area contributed by atoms with Gasteiger partial charge in [-0.15, -0.1) is 0 Å². The highest BCUT2D eigenvalue weighted by atomic mass is 32.2. The number of hydrogen-bond acceptors (Lipinski definition) is 5. The molecule has 0 radical (unpaired) electrons. The average Bonchev–Trinajstić information content (AvgIpc) is 2.96. The van der Waals surface area contributed by atoms with Gasteiger partial charge in [0.2, 0.25) is 14.9 Å². The number of sulfone groups is 1. The van der Waals surface area contributed by atoms with Gasteiger partial charge in [0, 0.05) is 6.26 Å². The lowest BCUT2D eigenvalue weighted by molar-refractivity contribution is -0.144. The van der Waals surface area contributed by atoms with Crippen molar-refractivity contribution < 1.29 is 27.5 Å². The Morgan fingerprint density at radius 1 is 1.30 bits per heavy atom. The van der Waals surface area contributed by atoms with E-state index in [0.717, 1.165) is 19.1 Å². The molecule has 1 saturated carbocycles. The molecule has 0 bridgehead atoms. The van der Waals surface area contributed by atoms with Crippen molar-refractivity contribution in [3.63, 3.8) is 0 Å². The van der Waals surface area contributed by atoms with Gasteiger partial charge in [-0.05, 0) is 25.0 Å². The van der Waals surface area contributed by atoms with Gasteiger partial charge in [0.25, 0.3) is 5.91 Å². The summed E-state index contributed by atoms with van der Waals surface area (Å²) in [6.45, 7) is 0. The van der Waals surface area contributed by atoms with Gasteiger partial charge in [-0.2, -0.15) is 0 Å². The molecular weight excluding hydrogens is 286 g/mol. The lowest BCUT2D eigenvalue weighted by Crippen LogP contribution is -2.52. The van der Waals surface area contributed by atoms with Crippen molar-refractivity contribution in [3.8, 4) is 0 Å². The zero-order chi connectivity index (χ0) is 15.0. The predicted molar refractivity (Wildman–Crippen MR) is 68.1 cm³/mol. The quantitative estimate of drug-likeness (QED) is 0.850. The first kappa shape index (κ1) is 14.6. The van der Waals surface area contributed by atoms with Gasteiger partial charge >= 0.3 is 5.97 Å². The van der Waals surface area contributed by atoms with Crippen molar-refractivity contribution in [1.82, 2.24) is 5.32 Å². The maximum absolute atomic E-state index is 12.0. The van der Waals surface area contributed by atoms with Gasteiger partial charge in [0.1, 0.15) is 5.54 Å². The molecule has 1 amide bonds. The fourth-order valence-corrected chi connectivity index (χ4v) is 2.85. The monoisotopic (exact) mass is 301 g/mol. The lowest BCUT2D eigenvalue weighted by atomic mass is 9.98. The molecule has 1 fully saturated rings. The summed E-state index contributed by atoms with van der Waals surface area (Å²) in [5.74, 6) is -2.01. The molecule has 0 atom stereocenters. The van der Waals surface area contributed by atoms with Gasteiger partial charge in [-0.25, -0.2) is 13.2 Å². The molecule has 20 heavy (non-hydrogen) atoms. The molecule has 110 valence electrons. The fraction of sp³-hybridized carbons (Fsp3) is 0.500. The zero-order valence-corrected chi connectivity index (χ0v) is 11.7. The SMILES string of the molecule is CS(=O)(=O)c1ccc(C(=O)NC2(C(=O)O)CCCC2)o1. The summed E-state index contributed by atoms with van der Waals surface area (Å²) in [7, 11) is -3.54. The van der Waals surface area contributed by atoms with Crippen LogP contribution < -0.4 is 5.32 Å². The third kappa shape index (κ3) is 2.69. The number of hydrogen-bond donors (Lipinski definition) is 2. The Bertz CT molecular complexity index is 639. The number of carboxylic acids is 1. The first-order chi connectivity index (χ1) is 9.24. The summed E-state index contributed by atoms with van der Waals surface area (Å²) >= 11 is 0. The summed E-state index contributed by atoms with van der Waals surface area (Å²) in [6.07, 6.45) is 3.11. The third-order valence-electron chi connectivity index (χ3n) is 3.39. The van der Waals surface area contributed by atoms with Crippen LogP contribution in [0.25, 0.3) is 0 Å². The van der Waals surface area contributed by atoms with Crippen molar-refractivity contribution >= 4 is 21.7 Å². The molecule has 0 unspecified atom stereocenters. The first-order valence-corrected chi connectivity index (χ1v) is 8.00. The number of carbonyl (C=O) groups excluding carboxylic acids is 1. The van der Waals surface area contributed by atoms with E-state index >= 15 is 0 Å². The van der Waals surface area contributed by atoms with E-state index in [9.17, 15) is 23.1 Å². The van der Waals surface area contributed by atoms with E-state index in [0.29, 0.717) is 12.8 Å². The van der Waals surface area contributed by atoms with Crippen LogP contribution in [-0.2, 0) is 14.6 Å². The largest absolute Gasteiger partial charge is 0.480 e. The van der Waals surface area contributed by atoms with Crippen molar-refractivity contribution in [1.29, 1.82) is 0 Å². The van der Waals surface area contributed by atoms with E-state index in [2.05, 4.69) is 5.32 Å². The van der Waals surface area contributed by atoms with Crippen LogP contribution in [-0.4, -0.2) is 37.2 Å². The second kappa shape index (κ2) is 4.93. The molecule has 2 rings (SSSR count). The molecule has 7 nitrogen and oxygen atoms in total. The van der Waals surface area contributed by atoms with E-state index in [-0.39, 0.29) is 10.9 Å². The number of furan rings is 1. The van der Waals surface area contributed by atoms with Gasteiger partial charge in [0.05, 0.1) is 0 Å². The highest BCUT2D eigenvalue weighted by Gasteiger charge is 2.43. The smallest absolute Gasteiger partial charge is 0.329 e. The Kier molecular flexibility index (Phi) is 3.59. The van der Waals surface area contributed by atoms with E-state index in [1.807, 2.05) is 0 Å². The minimum atomic E-state index is -3.54. The second-order valence-electron chi connectivity index (χ2n) is 4.94. The van der Waals surface area contributed by atoms with Crippen molar-refractivity contribution in [2.45, 2.75) is 36.3 Å². The van der Waals surface area contributed by atoms with Crippen LogP contribution in [0.15, 0.2) is 21.6 Å². The minimum Gasteiger partial charge on any atom is -0.480 e. The van der Waals surface area contributed by atoms with E-state index in [1.165, 1.54) is 12.1 Å². The number of nitrogens with one attached hydrogen (secondary N) is 1. The molecule has 8 heteroatoms. The summed E-state index contributed by atoms with van der Waals surface area (Å²) < 4.78 is 27.5. The van der Waals surface area contributed by atoms with E-state index in [4.69, 9.17) is 4.42 Å². The van der Waals surface area contributed by atoms with Gasteiger partial charge in [0.15, 0.2) is 5.76 Å². The Morgan fingerprint density at radius 2 is 1.90 bits per heavy atom. The van der Waals surface area contributed by atoms with Gasteiger partial charge < -0.3 is 14.8 Å². The second-order valence-corrected chi connectivity index (χ2v) is 6.89. The number of carboxylic acid groups (broad SMARTS) is 1. The van der Waals surface area contributed by atoms with Crippen molar-refractivity contribution in [3.05, 3.63) is 17.9 Å². The maximum atomic E-state index is 12.0. The predicted octanol–water partition coefficient (Wildman–Crippen LogP) is 0.810. The standard InChI is InChI=1S/C12H15NO6S/c1-20(17,18)9-5-4-8(19-9)10(14)13-12(11(15)16)6-2-3-7-12/h4-5H,2-3,6-7H2,1H3,(H,13,14)(H,15,16). The maximum Gasteiger partial charge on any atom is 0.329 e. The Labute approximate surface area is 115 Å². The van der Waals surface area contributed by atoms with E-state index in [1.54, 1.807) is 0 Å². The highest BCUT2D eigenvalue weighted by molar-refractivity contribution is 7.90. The molecule has 0 aliphatic heterocycles. The molecular formula is C12H15NO6S. The molecule has 0 spiro atoms. The Balaban J connectivity index is 2.20. The van der Waals surface area contributed by atoms with Crippen LogP contribution in [0.5, 0.6) is 0 Å². The van der Waals surface area contributed by atoms with Gasteiger partial charge in [-0.1, -0.05) is 12.8 Å². The molecule has 1 aromatic rings. The summed E-state index contributed by atoms with van der Waals surface area (Å²) in [4.78, 5) is 23.3. The van der Waals surface area contributed by atoms with Crippen LogP contribution in [0.3, 0.4) is 0 Å². The molecule has 2 N–H and O–H groups in total. The Hall–Kier alpha value is -1.83. The molecule has 0 aromatic carbocycles. The molecule has 1 aliphatic carbocycles. The van der Waals surface area contributed by atoms with Gasteiger partial charge in [-0.3, -0.25) is 4.79 Å². The topological polar surface area (TPSA) is 114 Å². The number of amides is 1. The van der Waals surface area contributed by atoms with Crippen LogP contribution >= 0.6 is 0 Å². The summed E-state index contributed by atoms with van der Waals surface area (Å²) in [6, 6.07) is 2.39. The van der Waals surface area contributed by atoms with E-state index < -0.39 is 27.3 Å². The van der Waals surface area contributed by atoms with Crippen LogP contribution in [0.4, 0.5) is 0 Å². The van der Waals surface area contributed by atoms with Crippen LogP contribution in [0.1, 0.15) is 36.2 Å². The normalized spacial score (nSPS) is 17.9. The van der Waals surface area contributed by atoms with Crippen LogP contribution in [0.2, 0.25) is 0 Å². The first-order valence-electron chi connectivity index (χ1n) is 6.10. The number of aliphatic carboxylic acids is 1. The highest BCUT2D eigenvalue weighted by Crippen LogP contribution is 2.30.